The van der Waals surface area contributed by atoms with E-state index in [2.05, 4.69) is 10.3 Å². The van der Waals surface area contributed by atoms with Crippen LogP contribution in [0.25, 0.3) is 0 Å². The normalized spacial score (nSPS) is 10.1. The number of aryl methyl sites for hydroxylation is 1. The molecular weight excluding hydrogens is 234 g/mol. The molecular formula is C12H11N3O3. The fourth-order valence-corrected chi connectivity index (χ4v) is 1.56. The first-order chi connectivity index (χ1) is 8.59. The van der Waals surface area contributed by atoms with Crippen molar-refractivity contribution in [2.45, 2.75) is 0 Å². The number of carbonyl (C=O) groups excluding carboxylic acids is 1. The lowest BCUT2D eigenvalue weighted by atomic mass is 10.2. The minimum atomic E-state index is -1.11. The number of nitrogens with zero attached hydrogens (tertiary/aromatic N) is 2. The number of carboxylic acids is 1. The minimum absolute atomic E-state index is 0.00700. The van der Waals surface area contributed by atoms with Crippen LogP contribution in [-0.4, -0.2) is 26.5 Å². The van der Waals surface area contributed by atoms with Gasteiger partial charge in [-0.2, -0.15) is 0 Å². The Morgan fingerprint density at radius 1 is 1.39 bits per heavy atom. The van der Waals surface area contributed by atoms with E-state index in [-0.39, 0.29) is 17.2 Å². The van der Waals surface area contributed by atoms with Gasteiger partial charge in [-0.05, 0) is 18.2 Å². The molecule has 0 aliphatic heterocycles. The Hall–Kier alpha value is -2.63. The van der Waals surface area contributed by atoms with Gasteiger partial charge in [0.25, 0.3) is 5.91 Å². The number of carboxylic acid groups (broad SMARTS) is 1. The summed E-state index contributed by atoms with van der Waals surface area (Å²) in [5, 5.41) is 11.5. The van der Waals surface area contributed by atoms with Crippen molar-refractivity contribution >= 4 is 17.6 Å². The Morgan fingerprint density at radius 2 is 2.17 bits per heavy atom. The maximum Gasteiger partial charge on any atom is 0.337 e. The Kier molecular flexibility index (Phi) is 3.09. The van der Waals surface area contributed by atoms with Crippen molar-refractivity contribution < 1.29 is 14.7 Å². The molecule has 1 amide bonds. The van der Waals surface area contributed by atoms with Crippen molar-refractivity contribution in [2.24, 2.45) is 7.05 Å². The number of aromatic nitrogens is 2. The van der Waals surface area contributed by atoms with E-state index in [1.54, 1.807) is 29.9 Å². The lowest BCUT2D eigenvalue weighted by molar-refractivity contribution is 0.0698. The maximum absolute atomic E-state index is 11.9. The number of hydrogen-bond acceptors (Lipinski definition) is 3. The Morgan fingerprint density at radius 3 is 2.78 bits per heavy atom. The van der Waals surface area contributed by atoms with Gasteiger partial charge < -0.3 is 15.0 Å². The standard InChI is InChI=1S/C12H11N3O3/c1-15-6-2-3-10(15)11(16)14-9-7-13-5-4-8(9)12(17)18/h2-7H,1H3,(H,14,16)(H,17,18). The van der Waals surface area contributed by atoms with Crippen molar-refractivity contribution in [1.29, 1.82) is 0 Å². The van der Waals surface area contributed by atoms with Crippen LogP contribution in [0.5, 0.6) is 0 Å². The van der Waals surface area contributed by atoms with Gasteiger partial charge in [-0.15, -0.1) is 0 Å². The molecule has 0 saturated heterocycles. The fourth-order valence-electron chi connectivity index (χ4n) is 1.56. The van der Waals surface area contributed by atoms with E-state index in [0.29, 0.717) is 5.69 Å². The SMILES string of the molecule is Cn1cccc1C(=O)Nc1cnccc1C(=O)O. The van der Waals surface area contributed by atoms with Crippen LogP contribution < -0.4 is 5.32 Å². The highest BCUT2D eigenvalue weighted by molar-refractivity contribution is 6.06. The molecule has 18 heavy (non-hydrogen) atoms. The molecule has 92 valence electrons. The zero-order chi connectivity index (χ0) is 13.1. The molecule has 6 nitrogen and oxygen atoms in total. The van der Waals surface area contributed by atoms with Crippen molar-refractivity contribution in [2.75, 3.05) is 5.32 Å². The number of rotatable bonds is 3. The monoisotopic (exact) mass is 245 g/mol. The molecule has 2 rings (SSSR count). The van der Waals surface area contributed by atoms with Gasteiger partial charge in [0.1, 0.15) is 5.69 Å². The van der Waals surface area contributed by atoms with Crippen molar-refractivity contribution in [3.05, 3.63) is 48.0 Å². The molecule has 0 fully saturated rings. The van der Waals surface area contributed by atoms with Gasteiger partial charge in [-0.25, -0.2) is 4.79 Å². The molecule has 6 heteroatoms. The van der Waals surface area contributed by atoms with Crippen LogP contribution in [-0.2, 0) is 7.05 Å². The molecule has 0 atom stereocenters. The summed E-state index contributed by atoms with van der Waals surface area (Å²) in [6.45, 7) is 0. The summed E-state index contributed by atoms with van der Waals surface area (Å²) in [6.07, 6.45) is 4.40. The third-order valence-corrected chi connectivity index (χ3v) is 2.48. The van der Waals surface area contributed by atoms with E-state index in [1.807, 2.05) is 0 Å². The third-order valence-electron chi connectivity index (χ3n) is 2.48. The number of carbonyl (C=O) groups is 2. The van der Waals surface area contributed by atoms with Crippen LogP contribution in [0, 0.1) is 0 Å². The summed E-state index contributed by atoms with van der Waals surface area (Å²) in [5.41, 5.74) is 0.624. The molecule has 0 aliphatic rings. The molecule has 2 heterocycles. The molecule has 0 saturated carbocycles. The lowest BCUT2D eigenvalue weighted by Gasteiger charge is -2.08. The number of aromatic carboxylic acids is 1. The zero-order valence-corrected chi connectivity index (χ0v) is 9.62. The van der Waals surface area contributed by atoms with E-state index in [1.165, 1.54) is 18.5 Å². The topological polar surface area (TPSA) is 84.2 Å². The van der Waals surface area contributed by atoms with Gasteiger partial charge >= 0.3 is 5.97 Å². The first-order valence-electron chi connectivity index (χ1n) is 5.19. The first kappa shape index (κ1) is 11.8. The summed E-state index contributed by atoms with van der Waals surface area (Å²) in [7, 11) is 1.73. The Labute approximate surface area is 103 Å². The highest BCUT2D eigenvalue weighted by Crippen LogP contribution is 2.14. The summed E-state index contributed by atoms with van der Waals surface area (Å²) in [5.74, 6) is -1.49. The van der Waals surface area contributed by atoms with Crippen LogP contribution in [0.3, 0.4) is 0 Å². The second kappa shape index (κ2) is 4.70. The van der Waals surface area contributed by atoms with E-state index < -0.39 is 5.97 Å². The quantitative estimate of drug-likeness (QED) is 0.855. The van der Waals surface area contributed by atoms with Crippen LogP contribution in [0.2, 0.25) is 0 Å². The predicted octanol–water partition coefficient (Wildman–Crippen LogP) is 1.37. The van der Waals surface area contributed by atoms with Crippen LogP contribution >= 0.6 is 0 Å². The molecule has 2 aromatic rings. The first-order valence-corrected chi connectivity index (χ1v) is 5.19. The zero-order valence-electron chi connectivity index (χ0n) is 9.62. The van der Waals surface area contributed by atoms with Crippen molar-refractivity contribution in [3.8, 4) is 0 Å². The second-order valence-electron chi connectivity index (χ2n) is 3.68. The predicted molar refractivity (Wildman–Crippen MR) is 64.6 cm³/mol. The van der Waals surface area contributed by atoms with Gasteiger partial charge in [0.15, 0.2) is 0 Å². The summed E-state index contributed by atoms with van der Waals surface area (Å²) < 4.78 is 1.64. The Balaban J connectivity index is 2.28. The largest absolute Gasteiger partial charge is 0.478 e. The lowest BCUT2D eigenvalue weighted by Crippen LogP contribution is -2.17. The molecule has 2 N–H and O–H groups in total. The minimum Gasteiger partial charge on any atom is -0.478 e. The Bertz CT molecular complexity index is 604. The van der Waals surface area contributed by atoms with Gasteiger partial charge in [0.05, 0.1) is 17.4 Å². The smallest absolute Gasteiger partial charge is 0.337 e. The molecule has 0 aromatic carbocycles. The van der Waals surface area contributed by atoms with E-state index in [9.17, 15) is 9.59 Å². The third kappa shape index (κ3) is 2.22. The molecule has 0 radical (unpaired) electrons. The molecule has 0 bridgehead atoms. The maximum atomic E-state index is 11.9. The van der Waals surface area contributed by atoms with Gasteiger partial charge in [0, 0.05) is 19.4 Å². The van der Waals surface area contributed by atoms with Gasteiger partial charge in [0.2, 0.25) is 0 Å². The van der Waals surface area contributed by atoms with Gasteiger partial charge in [-0.3, -0.25) is 9.78 Å². The average Bonchev–Trinajstić information content (AvgIpc) is 2.76. The molecule has 0 aliphatic carbocycles. The average molecular weight is 245 g/mol. The highest BCUT2D eigenvalue weighted by Gasteiger charge is 2.14. The summed E-state index contributed by atoms with van der Waals surface area (Å²) in [4.78, 5) is 26.7. The van der Waals surface area contributed by atoms with E-state index in [0.717, 1.165) is 0 Å². The number of hydrogen-bond donors (Lipinski definition) is 2. The number of nitrogens with one attached hydrogen (secondary N) is 1. The van der Waals surface area contributed by atoms with E-state index in [4.69, 9.17) is 5.11 Å². The van der Waals surface area contributed by atoms with Crippen LogP contribution in [0.15, 0.2) is 36.8 Å². The molecule has 0 unspecified atom stereocenters. The number of amides is 1. The van der Waals surface area contributed by atoms with Crippen molar-refractivity contribution in [1.82, 2.24) is 9.55 Å². The summed E-state index contributed by atoms with van der Waals surface area (Å²) >= 11 is 0. The van der Waals surface area contributed by atoms with Crippen molar-refractivity contribution in [3.63, 3.8) is 0 Å². The van der Waals surface area contributed by atoms with E-state index >= 15 is 0 Å². The van der Waals surface area contributed by atoms with Crippen LogP contribution in [0.4, 0.5) is 5.69 Å². The highest BCUT2D eigenvalue weighted by atomic mass is 16.4. The molecule has 0 spiro atoms. The number of pyridine rings is 1. The van der Waals surface area contributed by atoms with Crippen LogP contribution in [0.1, 0.15) is 20.8 Å². The summed E-state index contributed by atoms with van der Waals surface area (Å²) in [6, 6.07) is 4.71. The number of anilines is 1. The molecule has 2 aromatic heterocycles. The second-order valence-corrected chi connectivity index (χ2v) is 3.68. The fraction of sp³-hybridized carbons (Fsp3) is 0.0833. The van der Waals surface area contributed by atoms with Gasteiger partial charge in [-0.1, -0.05) is 0 Å².